The number of imide groups is 1. The molecule has 0 bridgehead atoms. The lowest BCUT2D eigenvalue weighted by atomic mass is 10.1. The van der Waals surface area contributed by atoms with Crippen LogP contribution >= 0.6 is 0 Å². The van der Waals surface area contributed by atoms with Crippen molar-refractivity contribution in [2.75, 3.05) is 7.11 Å². The van der Waals surface area contributed by atoms with Gasteiger partial charge in [0.25, 0.3) is 5.91 Å². The van der Waals surface area contributed by atoms with E-state index in [1.165, 1.54) is 25.3 Å². The van der Waals surface area contributed by atoms with Crippen LogP contribution in [0.3, 0.4) is 0 Å². The summed E-state index contributed by atoms with van der Waals surface area (Å²) in [6.07, 6.45) is 1.52. The summed E-state index contributed by atoms with van der Waals surface area (Å²) >= 11 is 0. The first kappa shape index (κ1) is 18.0. The highest BCUT2D eigenvalue weighted by Crippen LogP contribution is 2.29. The molecule has 0 saturated carbocycles. The summed E-state index contributed by atoms with van der Waals surface area (Å²) in [5.74, 6) is -0.539. The van der Waals surface area contributed by atoms with Crippen LogP contribution < -0.4 is 20.1 Å². The summed E-state index contributed by atoms with van der Waals surface area (Å²) < 4.78 is 11.1. The maximum atomic E-state index is 11.6. The first-order chi connectivity index (χ1) is 13.0. The summed E-state index contributed by atoms with van der Waals surface area (Å²) in [7, 11) is 1.49. The van der Waals surface area contributed by atoms with Crippen molar-refractivity contribution in [2.45, 2.75) is 6.61 Å². The SMILES string of the molecule is COc1cc(/C=C2/NC(=O)NC2=O)ccc1OCc1ccc(C(=O)O)cc1. The number of rotatable bonds is 6. The lowest BCUT2D eigenvalue weighted by Crippen LogP contribution is -2.22. The molecule has 0 radical (unpaired) electrons. The fourth-order valence-corrected chi connectivity index (χ4v) is 2.45. The van der Waals surface area contributed by atoms with Crippen LogP contribution in [0.1, 0.15) is 21.5 Å². The molecule has 2 aromatic rings. The van der Waals surface area contributed by atoms with E-state index in [-0.39, 0.29) is 17.9 Å². The van der Waals surface area contributed by atoms with Crippen LogP contribution in [-0.2, 0) is 11.4 Å². The van der Waals surface area contributed by atoms with Crippen molar-refractivity contribution in [1.29, 1.82) is 0 Å². The van der Waals surface area contributed by atoms with Crippen LogP contribution in [0.5, 0.6) is 11.5 Å². The molecule has 2 aromatic carbocycles. The Balaban J connectivity index is 1.73. The maximum absolute atomic E-state index is 11.6. The molecule has 8 nitrogen and oxygen atoms in total. The molecule has 8 heteroatoms. The predicted molar refractivity (Wildman–Crippen MR) is 95.4 cm³/mol. The number of methoxy groups -OCH3 is 1. The maximum Gasteiger partial charge on any atom is 0.335 e. The average molecular weight is 368 g/mol. The molecule has 1 aliphatic rings. The Morgan fingerprint density at radius 2 is 1.81 bits per heavy atom. The lowest BCUT2D eigenvalue weighted by Gasteiger charge is -2.12. The molecule has 0 aliphatic carbocycles. The number of amides is 3. The van der Waals surface area contributed by atoms with E-state index < -0.39 is 17.9 Å². The number of carbonyl (C=O) groups excluding carboxylic acids is 2. The number of aromatic carboxylic acids is 1. The molecule has 0 unspecified atom stereocenters. The highest BCUT2D eigenvalue weighted by atomic mass is 16.5. The molecule has 1 heterocycles. The molecule has 3 N–H and O–H groups in total. The van der Waals surface area contributed by atoms with Crippen LogP contribution in [0.25, 0.3) is 6.08 Å². The van der Waals surface area contributed by atoms with E-state index in [2.05, 4.69) is 10.6 Å². The quantitative estimate of drug-likeness (QED) is 0.532. The highest BCUT2D eigenvalue weighted by molar-refractivity contribution is 6.14. The molecule has 0 aromatic heterocycles. The van der Waals surface area contributed by atoms with Crippen LogP contribution in [0.2, 0.25) is 0 Å². The van der Waals surface area contributed by atoms with E-state index >= 15 is 0 Å². The lowest BCUT2D eigenvalue weighted by molar-refractivity contribution is -0.115. The van der Waals surface area contributed by atoms with Gasteiger partial charge in [-0.1, -0.05) is 18.2 Å². The third-order valence-electron chi connectivity index (χ3n) is 3.81. The summed E-state index contributed by atoms with van der Waals surface area (Å²) in [5.41, 5.74) is 1.81. The van der Waals surface area contributed by atoms with Crippen LogP contribution in [-0.4, -0.2) is 30.1 Å². The van der Waals surface area contributed by atoms with Gasteiger partial charge < -0.3 is 19.9 Å². The molecule has 0 atom stereocenters. The molecular weight excluding hydrogens is 352 g/mol. The Morgan fingerprint density at radius 3 is 2.41 bits per heavy atom. The fraction of sp³-hybridized carbons (Fsp3) is 0.105. The molecule has 27 heavy (non-hydrogen) atoms. The summed E-state index contributed by atoms with van der Waals surface area (Å²) in [6, 6.07) is 10.9. The van der Waals surface area contributed by atoms with E-state index in [0.29, 0.717) is 17.1 Å². The normalized spacial score (nSPS) is 14.6. The number of carboxylic acid groups (broad SMARTS) is 1. The van der Waals surface area contributed by atoms with Crippen LogP contribution in [0, 0.1) is 0 Å². The number of hydrogen-bond acceptors (Lipinski definition) is 5. The number of carbonyl (C=O) groups is 3. The third kappa shape index (κ3) is 4.24. The Hall–Kier alpha value is -3.81. The van der Waals surface area contributed by atoms with Crippen molar-refractivity contribution in [2.24, 2.45) is 0 Å². The van der Waals surface area contributed by atoms with E-state index in [1.807, 2.05) is 0 Å². The zero-order valence-electron chi connectivity index (χ0n) is 14.3. The summed E-state index contributed by atoms with van der Waals surface area (Å²) in [4.78, 5) is 33.6. The van der Waals surface area contributed by atoms with Crippen LogP contribution in [0.4, 0.5) is 4.79 Å². The Bertz CT molecular complexity index is 934. The van der Waals surface area contributed by atoms with Gasteiger partial charge in [0.05, 0.1) is 12.7 Å². The number of carboxylic acids is 1. The molecule has 1 aliphatic heterocycles. The fourth-order valence-electron chi connectivity index (χ4n) is 2.45. The molecule has 3 rings (SSSR count). The van der Waals surface area contributed by atoms with Crippen molar-refractivity contribution >= 4 is 24.0 Å². The second-order valence-corrected chi connectivity index (χ2v) is 5.67. The van der Waals surface area contributed by atoms with Gasteiger partial charge >= 0.3 is 12.0 Å². The number of benzene rings is 2. The van der Waals surface area contributed by atoms with Gasteiger partial charge in [0.1, 0.15) is 12.3 Å². The second kappa shape index (κ2) is 7.61. The Labute approximate surface area is 154 Å². The molecular formula is C19H16N2O6. The number of nitrogens with one attached hydrogen (secondary N) is 2. The summed E-state index contributed by atoms with van der Waals surface area (Å²) in [6.45, 7) is 0.231. The van der Waals surface area contributed by atoms with E-state index in [9.17, 15) is 14.4 Å². The number of ether oxygens (including phenoxy) is 2. The number of hydrogen-bond donors (Lipinski definition) is 3. The Kier molecular flexibility index (Phi) is 5.07. The van der Waals surface area contributed by atoms with Gasteiger partial charge in [-0.15, -0.1) is 0 Å². The smallest absolute Gasteiger partial charge is 0.335 e. The minimum atomic E-state index is -0.985. The van der Waals surface area contributed by atoms with Crippen molar-refractivity contribution in [3.63, 3.8) is 0 Å². The molecule has 0 spiro atoms. The minimum Gasteiger partial charge on any atom is -0.493 e. The molecule has 3 amide bonds. The molecule has 1 saturated heterocycles. The van der Waals surface area contributed by atoms with Gasteiger partial charge in [0, 0.05) is 0 Å². The Morgan fingerprint density at radius 1 is 1.07 bits per heavy atom. The van der Waals surface area contributed by atoms with Gasteiger partial charge in [0.2, 0.25) is 0 Å². The van der Waals surface area contributed by atoms with Gasteiger partial charge in [0.15, 0.2) is 11.5 Å². The van der Waals surface area contributed by atoms with Crippen molar-refractivity contribution in [1.82, 2.24) is 10.6 Å². The number of urea groups is 1. The van der Waals surface area contributed by atoms with Crippen molar-refractivity contribution < 1.29 is 29.0 Å². The molecule has 138 valence electrons. The van der Waals surface area contributed by atoms with Crippen LogP contribution in [0.15, 0.2) is 48.2 Å². The monoisotopic (exact) mass is 368 g/mol. The van der Waals surface area contributed by atoms with Gasteiger partial charge in [-0.3, -0.25) is 10.1 Å². The predicted octanol–water partition coefficient (Wildman–Crippen LogP) is 2.15. The van der Waals surface area contributed by atoms with E-state index in [4.69, 9.17) is 14.6 Å². The first-order valence-corrected chi connectivity index (χ1v) is 7.93. The van der Waals surface area contributed by atoms with Gasteiger partial charge in [-0.25, -0.2) is 9.59 Å². The van der Waals surface area contributed by atoms with E-state index in [0.717, 1.165) is 5.56 Å². The van der Waals surface area contributed by atoms with Gasteiger partial charge in [-0.05, 0) is 41.5 Å². The van der Waals surface area contributed by atoms with Gasteiger partial charge in [-0.2, -0.15) is 0 Å². The minimum absolute atomic E-state index is 0.147. The average Bonchev–Trinajstić information content (AvgIpc) is 2.97. The highest BCUT2D eigenvalue weighted by Gasteiger charge is 2.22. The largest absolute Gasteiger partial charge is 0.493 e. The van der Waals surface area contributed by atoms with E-state index in [1.54, 1.807) is 30.3 Å². The second-order valence-electron chi connectivity index (χ2n) is 5.67. The zero-order chi connectivity index (χ0) is 19.4. The third-order valence-corrected chi connectivity index (χ3v) is 3.81. The molecule has 1 fully saturated rings. The summed E-state index contributed by atoms with van der Waals surface area (Å²) in [5, 5.41) is 13.4. The van der Waals surface area contributed by atoms with Crippen molar-refractivity contribution in [3.8, 4) is 11.5 Å². The topological polar surface area (TPSA) is 114 Å². The van der Waals surface area contributed by atoms with Crippen molar-refractivity contribution in [3.05, 3.63) is 64.9 Å². The zero-order valence-corrected chi connectivity index (χ0v) is 14.3. The standard InChI is InChI=1S/C19H16N2O6/c1-26-16-9-12(8-14-17(22)21-19(25)20-14)4-7-15(16)27-10-11-2-5-13(6-3-11)18(23)24/h2-9H,10H2,1H3,(H,23,24)(H2,20,21,22,25)/b14-8+. The first-order valence-electron chi connectivity index (χ1n) is 7.93.